The molecule has 2 heterocycles. The summed E-state index contributed by atoms with van der Waals surface area (Å²) >= 11 is 20.1. The minimum atomic E-state index is -0.791. The second-order valence-electron chi connectivity index (χ2n) is 9.26. The molecule has 216 valence electrons. The second kappa shape index (κ2) is 12.8. The van der Waals surface area contributed by atoms with Gasteiger partial charge in [-0.05, 0) is 61.4 Å². The maximum atomic E-state index is 13.9. The van der Waals surface area contributed by atoms with Gasteiger partial charge < -0.3 is 14.2 Å². The van der Waals surface area contributed by atoms with Crippen LogP contribution in [0.3, 0.4) is 0 Å². The third-order valence-electron chi connectivity index (χ3n) is 6.60. The molecule has 0 bridgehead atoms. The van der Waals surface area contributed by atoms with Gasteiger partial charge in [-0.2, -0.15) is 0 Å². The van der Waals surface area contributed by atoms with Crippen LogP contribution in [-0.4, -0.2) is 24.3 Å². The molecule has 5 rings (SSSR count). The molecule has 0 amide bonds. The van der Waals surface area contributed by atoms with Gasteiger partial charge in [-0.1, -0.05) is 76.5 Å². The van der Waals surface area contributed by atoms with E-state index in [9.17, 15) is 9.59 Å². The molecule has 1 aliphatic heterocycles. The SMILES string of the molecule is CCOC(=O)C1=C(C)N=c2s/c(=C\c3ccc(OCc4ccc(Cl)cc4Cl)c(OC)c3)c(=O)n2[C@H]1c1ccccc1Cl. The van der Waals surface area contributed by atoms with Gasteiger partial charge in [-0.15, -0.1) is 0 Å². The quantitative estimate of drug-likeness (QED) is 0.209. The zero-order valence-electron chi connectivity index (χ0n) is 22.8. The Morgan fingerprint density at radius 1 is 1.05 bits per heavy atom. The third kappa shape index (κ3) is 5.99. The molecule has 0 saturated heterocycles. The number of rotatable bonds is 8. The van der Waals surface area contributed by atoms with Crippen molar-refractivity contribution in [2.75, 3.05) is 13.7 Å². The standard InChI is InChI=1S/C31H25Cl3N2O5S/c1-4-40-30(38)27-17(2)35-31-36(28(27)21-7-5-6-8-22(21)33)29(37)26(42-31)14-18-9-12-24(25(13-18)39-3)41-16-19-10-11-20(32)15-23(19)34/h5-15,28H,4,16H2,1-3H3/b26-14-/t28-/m0/s1. The van der Waals surface area contributed by atoms with Crippen LogP contribution in [0.25, 0.3) is 6.08 Å². The first-order valence-corrected chi connectivity index (χ1v) is 14.9. The van der Waals surface area contributed by atoms with Crippen LogP contribution in [-0.2, 0) is 16.1 Å². The Bertz CT molecular complexity index is 1900. The van der Waals surface area contributed by atoms with Crippen molar-refractivity contribution >= 4 is 58.2 Å². The maximum Gasteiger partial charge on any atom is 0.338 e. The average molecular weight is 644 g/mol. The summed E-state index contributed by atoms with van der Waals surface area (Å²) in [5, 5.41) is 1.47. The predicted octanol–water partition coefficient (Wildman–Crippen LogP) is 6.35. The number of halogens is 3. The van der Waals surface area contributed by atoms with Gasteiger partial charge in [0.1, 0.15) is 12.6 Å². The summed E-state index contributed by atoms with van der Waals surface area (Å²) in [6.45, 7) is 3.86. The van der Waals surface area contributed by atoms with Gasteiger partial charge in [0, 0.05) is 20.6 Å². The first kappa shape index (κ1) is 29.9. The zero-order valence-corrected chi connectivity index (χ0v) is 25.9. The zero-order chi connectivity index (χ0) is 30.0. The van der Waals surface area contributed by atoms with Crippen molar-refractivity contribution in [2.45, 2.75) is 26.5 Å². The van der Waals surface area contributed by atoms with Crippen LogP contribution in [0.5, 0.6) is 11.5 Å². The van der Waals surface area contributed by atoms with Crippen LogP contribution in [0.15, 0.2) is 81.7 Å². The van der Waals surface area contributed by atoms with E-state index in [0.717, 1.165) is 5.56 Å². The Morgan fingerprint density at radius 3 is 2.55 bits per heavy atom. The minimum Gasteiger partial charge on any atom is -0.493 e. The van der Waals surface area contributed by atoms with Gasteiger partial charge >= 0.3 is 5.97 Å². The number of aromatic nitrogens is 1. The Hall–Kier alpha value is -3.56. The van der Waals surface area contributed by atoms with E-state index in [2.05, 4.69) is 4.99 Å². The number of fused-ring (bicyclic) bond motifs is 1. The van der Waals surface area contributed by atoms with Crippen molar-refractivity contribution in [1.29, 1.82) is 0 Å². The summed E-state index contributed by atoms with van der Waals surface area (Å²) in [5.74, 6) is 0.449. The van der Waals surface area contributed by atoms with Crippen molar-refractivity contribution in [1.82, 2.24) is 4.57 Å². The summed E-state index contributed by atoms with van der Waals surface area (Å²) in [6, 6.07) is 16.9. The summed E-state index contributed by atoms with van der Waals surface area (Å²) in [6.07, 6.45) is 1.75. The number of ether oxygens (including phenoxy) is 3. The second-order valence-corrected chi connectivity index (χ2v) is 11.5. The highest BCUT2D eigenvalue weighted by Gasteiger charge is 2.34. The largest absolute Gasteiger partial charge is 0.493 e. The number of thiazole rings is 1. The van der Waals surface area contributed by atoms with Crippen molar-refractivity contribution in [3.63, 3.8) is 0 Å². The minimum absolute atomic E-state index is 0.184. The molecule has 0 radical (unpaired) electrons. The van der Waals surface area contributed by atoms with Crippen molar-refractivity contribution < 1.29 is 19.0 Å². The van der Waals surface area contributed by atoms with E-state index in [-0.39, 0.29) is 24.3 Å². The molecule has 7 nitrogen and oxygen atoms in total. The number of allylic oxidation sites excluding steroid dienone is 1. The lowest BCUT2D eigenvalue weighted by molar-refractivity contribution is -0.139. The monoisotopic (exact) mass is 642 g/mol. The van der Waals surface area contributed by atoms with Crippen molar-refractivity contribution in [2.24, 2.45) is 4.99 Å². The smallest absolute Gasteiger partial charge is 0.338 e. The number of hydrogen-bond donors (Lipinski definition) is 0. The fourth-order valence-electron chi connectivity index (χ4n) is 4.62. The van der Waals surface area contributed by atoms with E-state index >= 15 is 0 Å². The van der Waals surface area contributed by atoms with E-state index < -0.39 is 12.0 Å². The molecule has 1 atom stereocenters. The van der Waals surface area contributed by atoms with Crippen LogP contribution in [0, 0.1) is 0 Å². The van der Waals surface area contributed by atoms with E-state index in [0.29, 0.717) is 52.7 Å². The van der Waals surface area contributed by atoms with Crippen LogP contribution >= 0.6 is 46.1 Å². The van der Waals surface area contributed by atoms with Crippen LogP contribution in [0.1, 0.15) is 36.6 Å². The first-order valence-electron chi connectivity index (χ1n) is 12.9. The Labute approximate surface area is 260 Å². The molecule has 1 aliphatic rings. The van der Waals surface area contributed by atoms with Gasteiger partial charge in [0.05, 0.1) is 29.5 Å². The molecule has 1 aromatic heterocycles. The van der Waals surface area contributed by atoms with Gasteiger partial charge in [-0.25, -0.2) is 9.79 Å². The number of hydrogen-bond acceptors (Lipinski definition) is 7. The Morgan fingerprint density at radius 2 is 1.83 bits per heavy atom. The van der Waals surface area contributed by atoms with Gasteiger partial charge in [0.25, 0.3) is 5.56 Å². The number of nitrogens with zero attached hydrogens (tertiary/aromatic N) is 2. The predicted molar refractivity (Wildman–Crippen MR) is 166 cm³/mol. The summed E-state index contributed by atoms with van der Waals surface area (Å²) in [4.78, 5) is 32.0. The van der Waals surface area contributed by atoms with Crippen molar-refractivity contribution in [3.8, 4) is 11.5 Å². The third-order valence-corrected chi connectivity index (χ3v) is 8.51. The molecule has 0 aliphatic carbocycles. The Balaban J connectivity index is 1.54. The molecular formula is C31H25Cl3N2O5S. The van der Waals surface area contributed by atoms with Crippen molar-refractivity contribution in [3.05, 3.63) is 123 Å². The summed E-state index contributed by atoms with van der Waals surface area (Å²) < 4.78 is 18.8. The van der Waals surface area contributed by atoms with Crippen LogP contribution in [0.2, 0.25) is 15.1 Å². The molecule has 0 fully saturated rings. The normalized spacial score (nSPS) is 14.8. The van der Waals surface area contributed by atoms with Gasteiger partial charge in [-0.3, -0.25) is 9.36 Å². The number of benzene rings is 3. The van der Waals surface area contributed by atoms with E-state index in [1.165, 1.54) is 15.9 Å². The molecule has 0 N–H and O–H groups in total. The number of methoxy groups -OCH3 is 1. The number of carbonyl (C=O) groups is 1. The highest BCUT2D eigenvalue weighted by atomic mass is 35.5. The fraction of sp³-hybridized carbons (Fsp3) is 0.194. The highest BCUT2D eigenvalue weighted by molar-refractivity contribution is 7.07. The Kier molecular flexibility index (Phi) is 9.08. The molecule has 0 unspecified atom stereocenters. The molecule has 0 saturated carbocycles. The summed E-state index contributed by atoms with van der Waals surface area (Å²) in [5.41, 5.74) is 2.52. The number of carbonyl (C=O) groups excluding carboxylic acids is 1. The summed E-state index contributed by atoms with van der Waals surface area (Å²) in [7, 11) is 1.54. The van der Waals surface area contributed by atoms with Crippen LogP contribution < -0.4 is 24.4 Å². The highest BCUT2D eigenvalue weighted by Crippen LogP contribution is 2.35. The van der Waals surface area contributed by atoms with Crippen LogP contribution in [0.4, 0.5) is 0 Å². The first-order chi connectivity index (χ1) is 20.2. The number of esters is 1. The molecule has 42 heavy (non-hydrogen) atoms. The van der Waals surface area contributed by atoms with Gasteiger partial charge in [0.15, 0.2) is 16.3 Å². The molecule has 4 aromatic rings. The molecule has 11 heteroatoms. The fourth-order valence-corrected chi connectivity index (χ4v) is 6.37. The average Bonchev–Trinajstić information content (AvgIpc) is 3.26. The van der Waals surface area contributed by atoms with E-state index in [1.807, 2.05) is 12.1 Å². The molecule has 0 spiro atoms. The van der Waals surface area contributed by atoms with E-state index in [4.69, 9.17) is 49.0 Å². The van der Waals surface area contributed by atoms with Gasteiger partial charge in [0.2, 0.25) is 0 Å². The topological polar surface area (TPSA) is 79.1 Å². The van der Waals surface area contributed by atoms with E-state index in [1.54, 1.807) is 75.6 Å². The maximum absolute atomic E-state index is 13.9. The lowest BCUT2D eigenvalue weighted by atomic mass is 9.96. The molecule has 3 aromatic carbocycles. The molecular weight excluding hydrogens is 619 g/mol. The lowest BCUT2D eigenvalue weighted by Gasteiger charge is -2.25. The lowest BCUT2D eigenvalue weighted by Crippen LogP contribution is -2.40.